The molecule has 2 fully saturated rings. The van der Waals surface area contributed by atoms with E-state index in [0.29, 0.717) is 5.92 Å². The lowest BCUT2D eigenvalue weighted by molar-refractivity contribution is 0.161. The third-order valence-electron chi connectivity index (χ3n) is 5.82. The Morgan fingerprint density at radius 2 is 2.00 bits per heavy atom. The zero-order valence-corrected chi connectivity index (χ0v) is 13.2. The molecule has 0 spiro atoms. The average Bonchev–Trinajstić information content (AvgIpc) is 2.96. The van der Waals surface area contributed by atoms with Gasteiger partial charge < -0.3 is 10.6 Å². The van der Waals surface area contributed by atoms with Gasteiger partial charge in [0.05, 0.1) is 10.7 Å². The van der Waals surface area contributed by atoms with E-state index in [4.69, 9.17) is 10.7 Å². The van der Waals surface area contributed by atoms with Crippen molar-refractivity contribution in [2.45, 2.75) is 68.9 Å². The number of hydrogen-bond donors (Lipinski definition) is 1. The highest BCUT2D eigenvalue weighted by atomic mass is 32.1. The number of rotatable bonds is 2. The van der Waals surface area contributed by atoms with Crippen LogP contribution in [-0.4, -0.2) is 35.6 Å². The SMILES string of the molecule is CN1C2CCC1CC(c1nc3c(s1)CCCC3CN)C2. The lowest BCUT2D eigenvalue weighted by Gasteiger charge is -2.35. The topological polar surface area (TPSA) is 42.2 Å². The number of piperidine rings is 1. The first-order chi connectivity index (χ1) is 9.76. The van der Waals surface area contributed by atoms with Gasteiger partial charge in [-0.15, -0.1) is 11.3 Å². The second-order valence-corrected chi connectivity index (χ2v) is 8.02. The first kappa shape index (κ1) is 13.2. The Morgan fingerprint density at radius 1 is 1.25 bits per heavy atom. The Bertz CT molecular complexity index is 484. The lowest BCUT2D eigenvalue weighted by Crippen LogP contribution is -2.39. The molecule has 3 aliphatic rings. The molecule has 3 unspecified atom stereocenters. The minimum Gasteiger partial charge on any atom is -0.330 e. The van der Waals surface area contributed by atoms with Crippen LogP contribution in [0.2, 0.25) is 0 Å². The average molecular weight is 291 g/mol. The summed E-state index contributed by atoms with van der Waals surface area (Å²) in [5.74, 6) is 1.25. The van der Waals surface area contributed by atoms with Gasteiger partial charge in [-0.3, -0.25) is 0 Å². The minimum absolute atomic E-state index is 0.534. The molecule has 4 heteroatoms. The van der Waals surface area contributed by atoms with Crippen LogP contribution in [-0.2, 0) is 6.42 Å². The summed E-state index contributed by atoms with van der Waals surface area (Å²) < 4.78 is 0. The molecule has 3 atom stereocenters. The van der Waals surface area contributed by atoms with Gasteiger partial charge in [0, 0.05) is 35.3 Å². The van der Waals surface area contributed by atoms with Gasteiger partial charge in [0.25, 0.3) is 0 Å². The van der Waals surface area contributed by atoms with E-state index in [1.807, 2.05) is 11.3 Å². The molecule has 0 amide bonds. The van der Waals surface area contributed by atoms with Gasteiger partial charge in [0.1, 0.15) is 0 Å². The molecule has 20 heavy (non-hydrogen) atoms. The van der Waals surface area contributed by atoms with Crippen molar-refractivity contribution >= 4 is 11.3 Å². The summed E-state index contributed by atoms with van der Waals surface area (Å²) in [6.45, 7) is 0.773. The Balaban J connectivity index is 1.59. The quantitative estimate of drug-likeness (QED) is 0.911. The number of aryl methyl sites for hydroxylation is 1. The first-order valence-electron chi connectivity index (χ1n) is 8.17. The summed E-state index contributed by atoms with van der Waals surface area (Å²) in [6.07, 6.45) is 9.23. The van der Waals surface area contributed by atoms with Crippen molar-refractivity contribution in [2.75, 3.05) is 13.6 Å². The number of thiazole rings is 1. The second kappa shape index (κ2) is 5.08. The standard InChI is InChI=1S/C16H25N3S/c1-19-12-5-6-13(19)8-11(7-12)16-18-15-10(9-17)3-2-4-14(15)20-16/h10-13H,2-9,17H2,1H3. The predicted octanol–water partition coefficient (Wildman–Crippen LogP) is 2.86. The molecule has 1 aromatic rings. The Morgan fingerprint density at radius 3 is 2.70 bits per heavy atom. The maximum Gasteiger partial charge on any atom is 0.0963 e. The maximum atomic E-state index is 5.94. The molecule has 1 aromatic heterocycles. The van der Waals surface area contributed by atoms with Crippen molar-refractivity contribution in [2.24, 2.45) is 5.73 Å². The van der Waals surface area contributed by atoms with E-state index >= 15 is 0 Å². The highest BCUT2D eigenvalue weighted by molar-refractivity contribution is 7.11. The summed E-state index contributed by atoms with van der Waals surface area (Å²) in [5, 5.41) is 1.43. The zero-order chi connectivity index (χ0) is 13.7. The largest absolute Gasteiger partial charge is 0.330 e. The summed E-state index contributed by atoms with van der Waals surface area (Å²) in [5.41, 5.74) is 7.30. The number of hydrogen-bond acceptors (Lipinski definition) is 4. The fourth-order valence-corrected chi connectivity index (χ4v) is 5.86. The van der Waals surface area contributed by atoms with Crippen LogP contribution in [0.4, 0.5) is 0 Å². The van der Waals surface area contributed by atoms with Crippen molar-refractivity contribution in [1.29, 1.82) is 0 Å². The number of aromatic nitrogens is 1. The number of nitrogens with zero attached hydrogens (tertiary/aromatic N) is 2. The van der Waals surface area contributed by atoms with Crippen LogP contribution in [0.3, 0.4) is 0 Å². The molecule has 2 saturated heterocycles. The molecule has 0 radical (unpaired) electrons. The Hall–Kier alpha value is -0.450. The van der Waals surface area contributed by atoms with Crippen LogP contribution in [0.1, 0.15) is 65.9 Å². The maximum absolute atomic E-state index is 5.94. The van der Waals surface area contributed by atoms with E-state index in [0.717, 1.165) is 24.5 Å². The molecule has 4 rings (SSSR count). The molecular formula is C16H25N3S. The summed E-state index contributed by atoms with van der Waals surface area (Å²) in [6, 6.07) is 1.62. The van der Waals surface area contributed by atoms with Gasteiger partial charge in [-0.05, 0) is 52.0 Å². The van der Waals surface area contributed by atoms with Crippen molar-refractivity contribution in [3.8, 4) is 0 Å². The van der Waals surface area contributed by atoms with Crippen LogP contribution in [0.15, 0.2) is 0 Å². The molecule has 1 aliphatic carbocycles. The number of fused-ring (bicyclic) bond motifs is 3. The van der Waals surface area contributed by atoms with Gasteiger partial charge >= 0.3 is 0 Å². The fraction of sp³-hybridized carbons (Fsp3) is 0.812. The third kappa shape index (κ3) is 2.04. The van der Waals surface area contributed by atoms with Crippen LogP contribution in [0.5, 0.6) is 0 Å². The number of nitrogens with two attached hydrogens (primary N) is 1. The molecule has 110 valence electrons. The van der Waals surface area contributed by atoms with E-state index in [9.17, 15) is 0 Å². The zero-order valence-electron chi connectivity index (χ0n) is 12.3. The summed E-state index contributed by atoms with van der Waals surface area (Å²) in [7, 11) is 2.32. The van der Waals surface area contributed by atoms with Crippen molar-refractivity contribution in [1.82, 2.24) is 9.88 Å². The summed E-state index contributed by atoms with van der Waals surface area (Å²) in [4.78, 5) is 9.24. The normalized spacial score (nSPS) is 37.1. The lowest BCUT2D eigenvalue weighted by atomic mass is 9.90. The van der Waals surface area contributed by atoms with Gasteiger partial charge in [0.2, 0.25) is 0 Å². The van der Waals surface area contributed by atoms with Gasteiger partial charge in [0.15, 0.2) is 0 Å². The molecule has 0 aromatic carbocycles. The summed E-state index contributed by atoms with van der Waals surface area (Å²) >= 11 is 2.01. The molecule has 2 aliphatic heterocycles. The van der Waals surface area contributed by atoms with Crippen molar-refractivity contribution in [3.63, 3.8) is 0 Å². The molecule has 3 heterocycles. The molecule has 2 bridgehead atoms. The first-order valence-corrected chi connectivity index (χ1v) is 8.99. The van der Waals surface area contributed by atoms with E-state index in [2.05, 4.69) is 11.9 Å². The molecular weight excluding hydrogens is 266 g/mol. The van der Waals surface area contributed by atoms with E-state index in [1.54, 1.807) is 4.88 Å². The molecule has 2 N–H and O–H groups in total. The van der Waals surface area contributed by atoms with E-state index in [-0.39, 0.29) is 0 Å². The fourth-order valence-electron chi connectivity index (χ4n) is 4.54. The Kier molecular flexibility index (Phi) is 3.36. The minimum atomic E-state index is 0.534. The van der Waals surface area contributed by atoms with Crippen LogP contribution in [0.25, 0.3) is 0 Å². The smallest absolute Gasteiger partial charge is 0.0963 e. The highest BCUT2D eigenvalue weighted by Gasteiger charge is 2.40. The molecule has 3 nitrogen and oxygen atoms in total. The monoisotopic (exact) mass is 291 g/mol. The van der Waals surface area contributed by atoms with Crippen LogP contribution < -0.4 is 5.73 Å². The van der Waals surface area contributed by atoms with E-state index < -0.39 is 0 Å². The van der Waals surface area contributed by atoms with E-state index in [1.165, 1.54) is 55.6 Å². The van der Waals surface area contributed by atoms with Gasteiger partial charge in [-0.2, -0.15) is 0 Å². The molecule has 0 saturated carbocycles. The highest BCUT2D eigenvalue weighted by Crippen LogP contribution is 2.45. The van der Waals surface area contributed by atoms with Crippen LogP contribution >= 0.6 is 11.3 Å². The second-order valence-electron chi connectivity index (χ2n) is 6.90. The van der Waals surface area contributed by atoms with Gasteiger partial charge in [-0.25, -0.2) is 4.98 Å². The third-order valence-corrected chi connectivity index (χ3v) is 7.11. The van der Waals surface area contributed by atoms with Crippen molar-refractivity contribution < 1.29 is 0 Å². The Labute approximate surface area is 125 Å². The van der Waals surface area contributed by atoms with Crippen molar-refractivity contribution in [3.05, 3.63) is 15.6 Å². The predicted molar refractivity (Wildman–Crippen MR) is 83.4 cm³/mol. The van der Waals surface area contributed by atoms with Gasteiger partial charge in [-0.1, -0.05) is 0 Å². The van der Waals surface area contributed by atoms with Crippen LogP contribution in [0, 0.1) is 0 Å².